The number of hydrogen-bond acceptors (Lipinski definition) is 10. The van der Waals surface area contributed by atoms with Crippen molar-refractivity contribution < 1.29 is 32.7 Å². The Balaban J connectivity index is 1.40. The van der Waals surface area contributed by atoms with Gasteiger partial charge in [0.1, 0.15) is 11.4 Å². The lowest BCUT2D eigenvalue weighted by molar-refractivity contribution is -0.387. The molecular weight excluding hydrogens is 612 g/mol. The second-order valence-electron chi connectivity index (χ2n) is 12.2. The molecule has 1 aliphatic heterocycles. The summed E-state index contributed by atoms with van der Waals surface area (Å²) < 4.78 is 39.1. The lowest BCUT2D eigenvalue weighted by Crippen LogP contribution is -2.42. The van der Waals surface area contributed by atoms with Gasteiger partial charge in [-0.25, -0.2) is 13.2 Å². The maximum atomic E-state index is 13.7. The minimum Gasteiger partial charge on any atom is -0.858 e. The number of hydrogen-bond donors (Lipinski definition) is 1. The summed E-state index contributed by atoms with van der Waals surface area (Å²) >= 11 is 0. The van der Waals surface area contributed by atoms with E-state index in [9.17, 15) is 28.4 Å². The summed E-state index contributed by atoms with van der Waals surface area (Å²) in [7, 11) is -4.70. The molecule has 0 radical (unpaired) electrons. The second-order valence-corrected chi connectivity index (χ2v) is 14.1. The highest BCUT2D eigenvalue weighted by atomic mass is 32.2. The SMILES string of the molecule is Cc1c(N=C([O-])c2ccc(OCC3CC3)cc2)ccc2c1NCC(CN(C(=O)OC(C)(C)C)S(=O)(=O)c1ccccc1[N+](=O)[O-])=C2. The number of sulfonamides is 1. The van der Waals surface area contributed by atoms with Gasteiger partial charge in [0.25, 0.3) is 15.7 Å². The molecule has 1 heterocycles. The van der Waals surface area contributed by atoms with E-state index in [4.69, 9.17) is 9.47 Å². The molecule has 1 amide bonds. The van der Waals surface area contributed by atoms with Crippen molar-refractivity contribution in [1.29, 1.82) is 0 Å². The van der Waals surface area contributed by atoms with Gasteiger partial charge in [0.05, 0.1) is 23.8 Å². The van der Waals surface area contributed by atoms with Crippen LogP contribution in [0, 0.1) is 23.0 Å². The lowest BCUT2D eigenvalue weighted by Gasteiger charge is -2.29. The molecule has 3 aromatic rings. The summed E-state index contributed by atoms with van der Waals surface area (Å²) in [5.41, 5.74) is 1.81. The number of carbonyl (C=O) groups is 1. The number of aliphatic imine (C=N–C) groups is 1. The highest BCUT2D eigenvalue weighted by molar-refractivity contribution is 7.89. The van der Waals surface area contributed by atoms with E-state index in [2.05, 4.69) is 10.3 Å². The molecule has 3 aromatic carbocycles. The van der Waals surface area contributed by atoms with Crippen LogP contribution >= 0.6 is 0 Å². The van der Waals surface area contributed by atoms with Crippen LogP contribution in [0.15, 0.2) is 76.1 Å². The highest BCUT2D eigenvalue weighted by Gasteiger charge is 2.38. The van der Waals surface area contributed by atoms with Crippen LogP contribution in [0.2, 0.25) is 0 Å². The molecule has 0 saturated heterocycles. The van der Waals surface area contributed by atoms with Crippen LogP contribution in [0.4, 0.5) is 21.9 Å². The van der Waals surface area contributed by atoms with Crippen LogP contribution < -0.4 is 15.2 Å². The number of ether oxygens (including phenoxy) is 2. The van der Waals surface area contributed by atoms with Gasteiger partial charge in [0.2, 0.25) is 0 Å². The summed E-state index contributed by atoms with van der Waals surface area (Å²) in [6.07, 6.45) is 2.95. The van der Waals surface area contributed by atoms with Gasteiger partial charge < -0.3 is 19.9 Å². The Kier molecular flexibility index (Phi) is 9.06. The number of nitro groups is 1. The van der Waals surface area contributed by atoms with Gasteiger partial charge in [-0.2, -0.15) is 4.31 Å². The maximum absolute atomic E-state index is 13.7. The molecule has 13 heteroatoms. The molecule has 0 aromatic heterocycles. The largest absolute Gasteiger partial charge is 0.858 e. The van der Waals surface area contributed by atoms with Gasteiger partial charge in [0, 0.05) is 18.3 Å². The number of nitrogens with zero attached hydrogens (tertiary/aromatic N) is 3. The summed E-state index contributed by atoms with van der Waals surface area (Å²) in [4.78, 5) is 27.8. The summed E-state index contributed by atoms with van der Waals surface area (Å²) in [5, 5.41) is 27.8. The molecule has 2 aliphatic rings. The highest BCUT2D eigenvalue weighted by Crippen LogP contribution is 2.35. The fraction of sp³-hybridized carbons (Fsp3) is 0.333. The number of para-hydroxylation sites is 1. The predicted octanol–water partition coefficient (Wildman–Crippen LogP) is 5.57. The molecular formula is C33H35N4O8S-. The van der Waals surface area contributed by atoms with Crippen molar-refractivity contribution in [1.82, 2.24) is 4.31 Å². The van der Waals surface area contributed by atoms with Crippen molar-refractivity contribution >= 4 is 45.2 Å². The zero-order valence-electron chi connectivity index (χ0n) is 26.0. The standard InChI is InChI=1S/C33H36N4O8S/c1-21-27(35-31(38)24-11-14-26(15-12-24)44-20-22-9-10-22)16-13-25-17-23(18-34-30(21)25)19-36(32(39)45-33(2,3)4)46(42,43)29-8-6-5-7-28(29)37(40)41/h5-8,11-17,22,34H,9-10,18-20H2,1-4H3,(H,35,38)/p-1. The van der Waals surface area contributed by atoms with Gasteiger partial charge in [-0.05, 0) is 98.9 Å². The predicted molar refractivity (Wildman–Crippen MR) is 172 cm³/mol. The Morgan fingerprint density at radius 1 is 1.09 bits per heavy atom. The number of nitrogens with one attached hydrogen (secondary N) is 1. The van der Waals surface area contributed by atoms with Crippen LogP contribution in [0.3, 0.4) is 0 Å². The van der Waals surface area contributed by atoms with Crippen LogP contribution in [-0.2, 0) is 14.8 Å². The van der Waals surface area contributed by atoms with E-state index >= 15 is 0 Å². The van der Waals surface area contributed by atoms with E-state index < -0.39 is 49.7 Å². The molecule has 5 rings (SSSR count). The fourth-order valence-electron chi connectivity index (χ4n) is 4.83. The van der Waals surface area contributed by atoms with Crippen molar-refractivity contribution in [2.24, 2.45) is 10.9 Å². The second kappa shape index (κ2) is 12.8. The minimum atomic E-state index is -4.70. The van der Waals surface area contributed by atoms with Crippen molar-refractivity contribution in [3.05, 3.63) is 93.0 Å². The Hall–Kier alpha value is -4.91. The first kappa shape index (κ1) is 32.5. The first-order valence-corrected chi connectivity index (χ1v) is 16.2. The van der Waals surface area contributed by atoms with Crippen LogP contribution in [0.5, 0.6) is 5.75 Å². The Bertz CT molecular complexity index is 1820. The number of nitro benzene ring substituents is 1. The molecule has 0 spiro atoms. The van der Waals surface area contributed by atoms with Gasteiger partial charge in [-0.15, -0.1) is 0 Å². The number of fused-ring (bicyclic) bond motifs is 1. The van der Waals surface area contributed by atoms with E-state index in [-0.39, 0.29) is 6.54 Å². The van der Waals surface area contributed by atoms with Gasteiger partial charge in [-0.3, -0.25) is 15.1 Å². The van der Waals surface area contributed by atoms with E-state index in [0.717, 1.165) is 12.1 Å². The molecule has 12 nitrogen and oxygen atoms in total. The summed E-state index contributed by atoms with van der Waals surface area (Å²) in [6, 6.07) is 15.2. The van der Waals surface area contributed by atoms with E-state index in [1.54, 1.807) is 63.2 Å². The van der Waals surface area contributed by atoms with Crippen LogP contribution in [-0.4, -0.2) is 54.9 Å². The Labute approximate surface area is 267 Å². The quantitative estimate of drug-likeness (QED) is 0.128. The molecule has 1 N–H and O–H groups in total. The molecule has 1 aliphatic carbocycles. The third-order valence-electron chi connectivity index (χ3n) is 7.40. The van der Waals surface area contributed by atoms with E-state index in [1.165, 1.54) is 25.0 Å². The monoisotopic (exact) mass is 647 g/mol. The first-order chi connectivity index (χ1) is 21.7. The number of rotatable bonds is 10. The van der Waals surface area contributed by atoms with Crippen molar-refractivity contribution in [3.63, 3.8) is 0 Å². The third kappa shape index (κ3) is 7.48. The molecule has 0 bridgehead atoms. The Morgan fingerprint density at radius 2 is 1.78 bits per heavy atom. The smallest absolute Gasteiger partial charge is 0.424 e. The molecule has 46 heavy (non-hydrogen) atoms. The maximum Gasteiger partial charge on any atom is 0.424 e. The average molecular weight is 648 g/mol. The van der Waals surface area contributed by atoms with Crippen molar-refractivity contribution in [2.45, 2.75) is 51.0 Å². The Morgan fingerprint density at radius 3 is 2.43 bits per heavy atom. The van der Waals surface area contributed by atoms with E-state index in [0.29, 0.717) is 56.2 Å². The van der Waals surface area contributed by atoms with Crippen molar-refractivity contribution in [2.75, 3.05) is 25.0 Å². The lowest BCUT2D eigenvalue weighted by atomic mass is 9.99. The zero-order valence-corrected chi connectivity index (χ0v) is 26.8. The number of carbonyl (C=O) groups excluding carboxylic acids is 1. The van der Waals surface area contributed by atoms with E-state index in [1.807, 2.05) is 6.92 Å². The number of anilines is 1. The number of amides is 1. The molecule has 0 atom stereocenters. The summed E-state index contributed by atoms with van der Waals surface area (Å²) in [5.74, 6) is 0.926. The van der Waals surface area contributed by atoms with Crippen molar-refractivity contribution in [3.8, 4) is 5.75 Å². The average Bonchev–Trinajstić information content (AvgIpc) is 3.84. The van der Waals surface area contributed by atoms with Crippen LogP contribution in [0.25, 0.3) is 6.08 Å². The van der Waals surface area contributed by atoms with Gasteiger partial charge in [-0.1, -0.05) is 36.4 Å². The molecule has 1 fully saturated rings. The fourth-order valence-corrected chi connectivity index (χ4v) is 6.29. The minimum absolute atomic E-state index is 0.152. The topological polar surface area (TPSA) is 164 Å². The van der Waals surface area contributed by atoms with Crippen LogP contribution in [0.1, 0.15) is 50.3 Å². The molecule has 242 valence electrons. The first-order valence-electron chi connectivity index (χ1n) is 14.8. The number of benzene rings is 3. The zero-order chi connectivity index (χ0) is 33.2. The third-order valence-corrected chi connectivity index (χ3v) is 9.16. The van der Waals surface area contributed by atoms with Gasteiger partial charge in [0.15, 0.2) is 4.90 Å². The van der Waals surface area contributed by atoms with Gasteiger partial charge >= 0.3 is 6.09 Å². The normalized spacial score (nSPS) is 14.9. The molecule has 0 unspecified atom stereocenters. The molecule has 1 saturated carbocycles. The summed E-state index contributed by atoms with van der Waals surface area (Å²) in [6.45, 7) is 7.01.